The summed E-state index contributed by atoms with van der Waals surface area (Å²) in [5, 5.41) is 9.13. The van der Waals surface area contributed by atoms with E-state index in [1.807, 2.05) is 6.92 Å². The lowest BCUT2D eigenvalue weighted by atomic mass is 9.60. The summed E-state index contributed by atoms with van der Waals surface area (Å²) < 4.78 is 0. The fourth-order valence-corrected chi connectivity index (χ4v) is 3.52. The molecule has 1 fully saturated rings. The molecule has 0 aromatic heterocycles. The van der Waals surface area contributed by atoms with Gasteiger partial charge in [-0.3, -0.25) is 9.59 Å². The van der Waals surface area contributed by atoms with Gasteiger partial charge in [-0.15, -0.1) is 0 Å². The number of carboxylic acids is 1. The molecule has 3 atom stereocenters. The molecule has 100 valence electrons. The minimum absolute atomic E-state index is 0.146. The molecular weight excluding hydrogens is 228 g/mol. The number of carboxylic acid groups (broad SMARTS) is 1. The second kappa shape index (κ2) is 4.52. The quantitative estimate of drug-likeness (QED) is 0.818. The van der Waals surface area contributed by atoms with Crippen LogP contribution in [0.2, 0.25) is 0 Å². The third-order valence-electron chi connectivity index (χ3n) is 5.13. The van der Waals surface area contributed by atoms with E-state index in [4.69, 9.17) is 5.11 Å². The van der Waals surface area contributed by atoms with Gasteiger partial charge < -0.3 is 5.11 Å². The lowest BCUT2D eigenvalue weighted by Crippen LogP contribution is -2.36. The van der Waals surface area contributed by atoms with Crippen LogP contribution in [-0.2, 0) is 9.59 Å². The second-order valence-corrected chi connectivity index (χ2v) is 6.22. The van der Waals surface area contributed by atoms with Crippen molar-refractivity contribution >= 4 is 11.8 Å². The summed E-state index contributed by atoms with van der Waals surface area (Å²) >= 11 is 0. The molecule has 3 nitrogen and oxygen atoms in total. The number of hydrogen-bond acceptors (Lipinski definition) is 2. The maximum Gasteiger partial charge on any atom is 0.306 e. The van der Waals surface area contributed by atoms with E-state index in [2.05, 4.69) is 6.92 Å². The minimum atomic E-state index is -0.719. The molecule has 18 heavy (non-hydrogen) atoms. The normalized spacial score (nSPS) is 34.2. The Bertz CT molecular complexity index is 421. The summed E-state index contributed by atoms with van der Waals surface area (Å²) in [6.45, 7) is 5.94. The number of aliphatic carboxylic acids is 1. The highest BCUT2D eigenvalue weighted by molar-refractivity contribution is 5.96. The summed E-state index contributed by atoms with van der Waals surface area (Å²) in [5.41, 5.74) is 2.29. The zero-order chi connectivity index (χ0) is 13.5. The van der Waals surface area contributed by atoms with Crippen LogP contribution >= 0.6 is 0 Å². The Labute approximate surface area is 108 Å². The number of ketones is 1. The van der Waals surface area contributed by atoms with Gasteiger partial charge in [0.15, 0.2) is 5.78 Å². The standard InChI is InChI=1S/C15H22O3/c1-9(14(17)18)11-4-6-15(3)7-5-13(16)10(2)12(15)8-11/h9,11H,4-8H2,1-3H3,(H,17,18)/t9-,11+,15-/m0/s1. The van der Waals surface area contributed by atoms with Crippen LogP contribution in [0.25, 0.3) is 0 Å². The number of rotatable bonds is 2. The van der Waals surface area contributed by atoms with Crippen LogP contribution < -0.4 is 0 Å². The summed E-state index contributed by atoms with van der Waals surface area (Å²) in [5.74, 6) is -0.589. The van der Waals surface area contributed by atoms with E-state index in [1.54, 1.807) is 6.92 Å². The van der Waals surface area contributed by atoms with Crippen molar-refractivity contribution in [1.82, 2.24) is 0 Å². The Balaban J connectivity index is 2.27. The van der Waals surface area contributed by atoms with Crippen molar-refractivity contribution in [2.24, 2.45) is 17.3 Å². The molecule has 0 aliphatic heterocycles. The molecule has 0 aromatic rings. The third kappa shape index (κ3) is 2.11. The molecule has 0 unspecified atom stereocenters. The van der Waals surface area contributed by atoms with Crippen LogP contribution in [0.4, 0.5) is 0 Å². The summed E-state index contributed by atoms with van der Waals surface area (Å²) in [6, 6.07) is 0. The van der Waals surface area contributed by atoms with Gasteiger partial charge in [-0.1, -0.05) is 19.4 Å². The van der Waals surface area contributed by atoms with Gasteiger partial charge in [-0.2, -0.15) is 0 Å². The first kappa shape index (κ1) is 13.3. The fraction of sp³-hybridized carbons (Fsp3) is 0.733. The van der Waals surface area contributed by atoms with Crippen LogP contribution in [0.1, 0.15) is 52.9 Å². The largest absolute Gasteiger partial charge is 0.481 e. The van der Waals surface area contributed by atoms with E-state index in [1.165, 1.54) is 5.57 Å². The lowest BCUT2D eigenvalue weighted by Gasteiger charge is -2.44. The Hall–Kier alpha value is -1.12. The van der Waals surface area contributed by atoms with E-state index in [9.17, 15) is 9.59 Å². The third-order valence-corrected chi connectivity index (χ3v) is 5.13. The van der Waals surface area contributed by atoms with Crippen LogP contribution in [0.15, 0.2) is 11.1 Å². The van der Waals surface area contributed by atoms with Gasteiger partial charge in [-0.25, -0.2) is 0 Å². The zero-order valence-corrected chi connectivity index (χ0v) is 11.5. The average molecular weight is 250 g/mol. The molecular formula is C15H22O3. The number of carbonyl (C=O) groups is 2. The van der Waals surface area contributed by atoms with Crippen molar-refractivity contribution in [3.05, 3.63) is 11.1 Å². The van der Waals surface area contributed by atoms with Crippen molar-refractivity contribution in [2.75, 3.05) is 0 Å². The van der Waals surface area contributed by atoms with Crippen molar-refractivity contribution in [2.45, 2.75) is 52.9 Å². The van der Waals surface area contributed by atoms with Gasteiger partial charge in [0.1, 0.15) is 0 Å². The Morgan fingerprint density at radius 1 is 1.44 bits per heavy atom. The number of fused-ring (bicyclic) bond motifs is 1. The lowest BCUT2D eigenvalue weighted by molar-refractivity contribution is -0.143. The van der Waals surface area contributed by atoms with E-state index in [0.717, 1.165) is 31.3 Å². The molecule has 3 heteroatoms. The van der Waals surface area contributed by atoms with Crippen LogP contribution in [0.5, 0.6) is 0 Å². The maximum atomic E-state index is 11.8. The first-order valence-electron chi connectivity index (χ1n) is 6.81. The van der Waals surface area contributed by atoms with E-state index in [0.29, 0.717) is 6.42 Å². The Morgan fingerprint density at radius 2 is 2.11 bits per heavy atom. The van der Waals surface area contributed by atoms with E-state index < -0.39 is 5.97 Å². The summed E-state index contributed by atoms with van der Waals surface area (Å²) in [6.07, 6.45) is 4.38. The van der Waals surface area contributed by atoms with Crippen molar-refractivity contribution in [1.29, 1.82) is 0 Å². The molecule has 0 saturated heterocycles. The van der Waals surface area contributed by atoms with Crippen molar-refractivity contribution < 1.29 is 14.7 Å². The molecule has 2 rings (SSSR count). The number of allylic oxidation sites excluding steroid dienone is 2. The predicted octanol–water partition coefficient (Wildman–Crippen LogP) is 3.19. The molecule has 0 radical (unpaired) electrons. The van der Waals surface area contributed by atoms with Gasteiger partial charge in [0.05, 0.1) is 5.92 Å². The van der Waals surface area contributed by atoms with E-state index in [-0.39, 0.29) is 23.0 Å². The molecule has 1 saturated carbocycles. The highest BCUT2D eigenvalue weighted by atomic mass is 16.4. The molecule has 0 spiro atoms. The van der Waals surface area contributed by atoms with Gasteiger partial charge >= 0.3 is 5.97 Å². The summed E-state index contributed by atoms with van der Waals surface area (Å²) in [7, 11) is 0. The first-order valence-corrected chi connectivity index (χ1v) is 6.81. The molecule has 0 bridgehead atoms. The zero-order valence-electron chi connectivity index (χ0n) is 11.5. The van der Waals surface area contributed by atoms with Crippen LogP contribution in [0.3, 0.4) is 0 Å². The molecule has 0 aromatic carbocycles. The molecule has 1 N–H and O–H groups in total. The number of hydrogen-bond donors (Lipinski definition) is 1. The van der Waals surface area contributed by atoms with Gasteiger partial charge in [0, 0.05) is 6.42 Å². The Morgan fingerprint density at radius 3 is 2.72 bits per heavy atom. The highest BCUT2D eigenvalue weighted by Crippen LogP contribution is 2.51. The smallest absolute Gasteiger partial charge is 0.306 e. The minimum Gasteiger partial charge on any atom is -0.481 e. The molecule has 0 heterocycles. The summed E-state index contributed by atoms with van der Waals surface area (Å²) in [4.78, 5) is 22.9. The average Bonchev–Trinajstić information content (AvgIpc) is 2.33. The van der Waals surface area contributed by atoms with Crippen molar-refractivity contribution in [3.8, 4) is 0 Å². The number of Topliss-reactive ketones (excluding diaryl/α,β-unsaturated/α-hetero) is 1. The van der Waals surface area contributed by atoms with Crippen LogP contribution in [0, 0.1) is 17.3 Å². The van der Waals surface area contributed by atoms with E-state index >= 15 is 0 Å². The fourth-order valence-electron chi connectivity index (χ4n) is 3.52. The number of carbonyl (C=O) groups excluding carboxylic acids is 1. The SMILES string of the molecule is CC1=C2C[C@H]([C@H](C)C(=O)O)CC[C@@]2(C)CCC1=O. The Kier molecular flexibility index (Phi) is 3.35. The second-order valence-electron chi connectivity index (χ2n) is 6.22. The predicted molar refractivity (Wildman–Crippen MR) is 69.2 cm³/mol. The van der Waals surface area contributed by atoms with Crippen molar-refractivity contribution in [3.63, 3.8) is 0 Å². The first-order chi connectivity index (χ1) is 8.35. The van der Waals surface area contributed by atoms with Gasteiger partial charge in [0.2, 0.25) is 0 Å². The van der Waals surface area contributed by atoms with Gasteiger partial charge in [-0.05, 0) is 49.5 Å². The van der Waals surface area contributed by atoms with Gasteiger partial charge in [0.25, 0.3) is 0 Å². The molecule has 0 amide bonds. The molecule has 2 aliphatic rings. The topological polar surface area (TPSA) is 54.4 Å². The van der Waals surface area contributed by atoms with Crippen LogP contribution in [-0.4, -0.2) is 16.9 Å². The maximum absolute atomic E-state index is 11.8. The monoisotopic (exact) mass is 250 g/mol. The highest BCUT2D eigenvalue weighted by Gasteiger charge is 2.42. The molecule has 2 aliphatic carbocycles.